The van der Waals surface area contributed by atoms with Gasteiger partial charge in [-0.15, -0.1) is 0 Å². The van der Waals surface area contributed by atoms with E-state index in [2.05, 4.69) is 17.6 Å². The van der Waals surface area contributed by atoms with Gasteiger partial charge in [0.1, 0.15) is 5.75 Å². The Kier molecular flexibility index (Phi) is 9.01. The van der Waals surface area contributed by atoms with Crippen LogP contribution in [0.5, 0.6) is 5.75 Å². The minimum Gasteiger partial charge on any atom is -0.494 e. The van der Waals surface area contributed by atoms with E-state index in [-0.39, 0.29) is 11.8 Å². The molecule has 6 heteroatoms. The highest BCUT2D eigenvalue weighted by molar-refractivity contribution is 6.05. The van der Waals surface area contributed by atoms with Gasteiger partial charge in [-0.05, 0) is 55.3 Å². The number of methoxy groups -OCH3 is 1. The van der Waals surface area contributed by atoms with Crippen molar-refractivity contribution in [2.75, 3.05) is 32.2 Å². The van der Waals surface area contributed by atoms with Gasteiger partial charge in [-0.2, -0.15) is 0 Å². The molecule has 0 aliphatic rings. The van der Waals surface area contributed by atoms with Gasteiger partial charge in [-0.25, -0.2) is 0 Å². The van der Waals surface area contributed by atoms with E-state index in [1.807, 2.05) is 0 Å². The predicted molar refractivity (Wildman–Crippen MR) is 110 cm³/mol. The molecule has 0 aliphatic heterocycles. The number of carbonyl (C=O) groups is 2. The second kappa shape index (κ2) is 11.8. The van der Waals surface area contributed by atoms with E-state index in [9.17, 15) is 9.59 Å². The molecule has 0 fully saturated rings. The highest BCUT2D eigenvalue weighted by atomic mass is 16.5. The van der Waals surface area contributed by atoms with Crippen LogP contribution in [-0.2, 0) is 4.74 Å². The van der Waals surface area contributed by atoms with E-state index in [0.29, 0.717) is 36.6 Å². The SMILES string of the molecule is CCCCOc1ccc(C(=O)Nc2cccc(C(=O)NCCCOC)c2)cc1. The molecule has 0 bridgehead atoms. The smallest absolute Gasteiger partial charge is 0.255 e. The molecule has 2 aromatic rings. The lowest BCUT2D eigenvalue weighted by Crippen LogP contribution is -2.25. The molecule has 2 rings (SSSR count). The van der Waals surface area contributed by atoms with E-state index in [4.69, 9.17) is 9.47 Å². The third-order valence-electron chi connectivity index (χ3n) is 4.08. The average molecular weight is 384 g/mol. The van der Waals surface area contributed by atoms with Crippen LogP contribution in [0.1, 0.15) is 46.9 Å². The number of hydrogen-bond acceptors (Lipinski definition) is 4. The average Bonchev–Trinajstić information content (AvgIpc) is 2.72. The van der Waals surface area contributed by atoms with E-state index < -0.39 is 0 Å². The largest absolute Gasteiger partial charge is 0.494 e. The maximum absolute atomic E-state index is 12.4. The zero-order valence-corrected chi connectivity index (χ0v) is 16.5. The van der Waals surface area contributed by atoms with E-state index in [1.165, 1.54) is 0 Å². The molecule has 6 nitrogen and oxygen atoms in total. The fourth-order valence-corrected chi connectivity index (χ4v) is 2.50. The number of carbonyl (C=O) groups excluding carboxylic acids is 2. The lowest BCUT2D eigenvalue weighted by Gasteiger charge is -2.09. The van der Waals surface area contributed by atoms with Crippen LogP contribution in [0.2, 0.25) is 0 Å². The predicted octanol–water partition coefficient (Wildman–Crippen LogP) is 3.88. The lowest BCUT2D eigenvalue weighted by molar-refractivity contribution is 0.0947. The molecule has 0 aromatic heterocycles. The topological polar surface area (TPSA) is 76.7 Å². The molecule has 0 heterocycles. The van der Waals surface area contributed by atoms with Gasteiger partial charge in [0, 0.05) is 37.1 Å². The molecule has 0 spiro atoms. The first-order chi connectivity index (χ1) is 13.6. The highest BCUT2D eigenvalue weighted by Gasteiger charge is 2.09. The third kappa shape index (κ3) is 7.04. The van der Waals surface area contributed by atoms with Crippen LogP contribution in [0.25, 0.3) is 0 Å². The fraction of sp³-hybridized carbons (Fsp3) is 0.364. The van der Waals surface area contributed by atoms with Crippen molar-refractivity contribution in [1.82, 2.24) is 5.32 Å². The van der Waals surface area contributed by atoms with Crippen molar-refractivity contribution in [3.8, 4) is 5.75 Å². The van der Waals surface area contributed by atoms with Crippen molar-refractivity contribution >= 4 is 17.5 Å². The number of hydrogen-bond donors (Lipinski definition) is 2. The molecule has 0 saturated heterocycles. The van der Waals surface area contributed by atoms with Crippen LogP contribution in [0.4, 0.5) is 5.69 Å². The summed E-state index contributed by atoms with van der Waals surface area (Å²) >= 11 is 0. The molecule has 2 aromatic carbocycles. The van der Waals surface area contributed by atoms with Crippen molar-refractivity contribution in [3.05, 3.63) is 59.7 Å². The molecule has 28 heavy (non-hydrogen) atoms. The molecule has 0 radical (unpaired) electrons. The van der Waals surface area contributed by atoms with Gasteiger partial charge >= 0.3 is 0 Å². The number of ether oxygens (including phenoxy) is 2. The van der Waals surface area contributed by atoms with Crippen molar-refractivity contribution < 1.29 is 19.1 Å². The number of unbranched alkanes of at least 4 members (excludes halogenated alkanes) is 1. The van der Waals surface area contributed by atoms with Crippen LogP contribution >= 0.6 is 0 Å². The number of benzene rings is 2. The molecule has 2 N–H and O–H groups in total. The van der Waals surface area contributed by atoms with Gasteiger partial charge in [-0.1, -0.05) is 19.4 Å². The second-order valence-electron chi connectivity index (χ2n) is 6.36. The molecular formula is C22H28N2O4. The summed E-state index contributed by atoms with van der Waals surface area (Å²) in [6.07, 6.45) is 2.82. The molecule has 0 atom stereocenters. The van der Waals surface area contributed by atoms with Crippen molar-refractivity contribution in [1.29, 1.82) is 0 Å². The van der Waals surface area contributed by atoms with Gasteiger partial charge < -0.3 is 20.1 Å². The number of anilines is 1. The quantitative estimate of drug-likeness (QED) is 0.577. The van der Waals surface area contributed by atoms with E-state index in [1.54, 1.807) is 55.6 Å². The summed E-state index contributed by atoms with van der Waals surface area (Å²) in [5.41, 5.74) is 1.59. The first-order valence-electron chi connectivity index (χ1n) is 9.55. The van der Waals surface area contributed by atoms with E-state index in [0.717, 1.165) is 25.0 Å². The molecular weight excluding hydrogens is 356 g/mol. The molecule has 0 saturated carbocycles. The van der Waals surface area contributed by atoms with Gasteiger partial charge in [0.15, 0.2) is 0 Å². The van der Waals surface area contributed by atoms with Gasteiger partial charge in [0.25, 0.3) is 11.8 Å². The number of amides is 2. The number of nitrogens with one attached hydrogen (secondary N) is 2. The van der Waals surface area contributed by atoms with E-state index >= 15 is 0 Å². The maximum Gasteiger partial charge on any atom is 0.255 e. The summed E-state index contributed by atoms with van der Waals surface area (Å²) < 4.78 is 10.6. The number of rotatable bonds is 11. The Morgan fingerprint density at radius 2 is 1.71 bits per heavy atom. The first kappa shape index (κ1) is 21.4. The third-order valence-corrected chi connectivity index (χ3v) is 4.08. The van der Waals surface area contributed by atoms with Crippen LogP contribution in [-0.4, -0.2) is 38.7 Å². The summed E-state index contributed by atoms with van der Waals surface area (Å²) in [6, 6.07) is 13.9. The highest BCUT2D eigenvalue weighted by Crippen LogP contribution is 2.16. The van der Waals surface area contributed by atoms with Crippen LogP contribution in [0.3, 0.4) is 0 Å². The van der Waals surface area contributed by atoms with Crippen LogP contribution < -0.4 is 15.4 Å². The summed E-state index contributed by atoms with van der Waals surface area (Å²) in [6.45, 7) is 3.91. The maximum atomic E-state index is 12.4. The summed E-state index contributed by atoms with van der Waals surface area (Å²) in [7, 11) is 1.63. The normalized spacial score (nSPS) is 10.4. The Morgan fingerprint density at radius 3 is 2.43 bits per heavy atom. The summed E-state index contributed by atoms with van der Waals surface area (Å²) in [5, 5.41) is 5.65. The minimum absolute atomic E-state index is 0.180. The zero-order valence-electron chi connectivity index (χ0n) is 16.5. The van der Waals surface area contributed by atoms with Gasteiger partial charge in [0.2, 0.25) is 0 Å². The monoisotopic (exact) mass is 384 g/mol. The Labute approximate surface area is 166 Å². The fourth-order valence-electron chi connectivity index (χ4n) is 2.50. The second-order valence-corrected chi connectivity index (χ2v) is 6.36. The minimum atomic E-state index is -0.238. The summed E-state index contributed by atoms with van der Waals surface area (Å²) in [5.74, 6) is 0.329. The zero-order chi connectivity index (χ0) is 20.2. The van der Waals surface area contributed by atoms with Crippen LogP contribution in [0, 0.1) is 0 Å². The van der Waals surface area contributed by atoms with Gasteiger partial charge in [0.05, 0.1) is 6.61 Å². The van der Waals surface area contributed by atoms with Crippen molar-refractivity contribution in [2.24, 2.45) is 0 Å². The molecule has 150 valence electrons. The molecule has 0 unspecified atom stereocenters. The Hall–Kier alpha value is -2.86. The molecule has 0 aliphatic carbocycles. The van der Waals surface area contributed by atoms with Crippen LogP contribution in [0.15, 0.2) is 48.5 Å². The molecule has 2 amide bonds. The standard InChI is InChI=1S/C22H28N2O4/c1-3-4-15-28-20-11-9-17(10-12-20)22(26)24-19-8-5-7-18(16-19)21(25)23-13-6-14-27-2/h5,7-12,16H,3-4,6,13-15H2,1-2H3,(H,23,25)(H,24,26). The Balaban J connectivity index is 1.92. The first-order valence-corrected chi connectivity index (χ1v) is 9.55. The lowest BCUT2D eigenvalue weighted by atomic mass is 10.1. The van der Waals surface area contributed by atoms with Crippen molar-refractivity contribution in [2.45, 2.75) is 26.2 Å². The Bertz CT molecular complexity index is 759. The van der Waals surface area contributed by atoms with Gasteiger partial charge in [-0.3, -0.25) is 9.59 Å². The Morgan fingerprint density at radius 1 is 0.929 bits per heavy atom. The van der Waals surface area contributed by atoms with Crippen molar-refractivity contribution in [3.63, 3.8) is 0 Å². The summed E-state index contributed by atoms with van der Waals surface area (Å²) in [4.78, 5) is 24.6.